The highest BCUT2D eigenvalue weighted by atomic mass is 19.1. The zero-order chi connectivity index (χ0) is 21.8. The largest absolute Gasteiger partial charge is 0.356 e. The first kappa shape index (κ1) is 20.8. The molecule has 0 radical (unpaired) electrons. The number of rotatable bonds is 4. The molecule has 4 rings (SSSR count). The molecule has 1 fully saturated rings. The SMILES string of the molecule is CN(C(=O)Nc1ccc(-c2cc(F)cc(F)c2)cc1)C1CCN(c2ccccn2)CC1. The summed E-state index contributed by atoms with van der Waals surface area (Å²) in [6.07, 6.45) is 3.52. The second-order valence-electron chi connectivity index (χ2n) is 7.68. The van der Waals surface area contributed by atoms with Gasteiger partial charge in [0.1, 0.15) is 17.5 Å². The lowest BCUT2D eigenvalue weighted by atomic mass is 10.0. The van der Waals surface area contributed by atoms with Crippen LogP contribution in [0.15, 0.2) is 66.9 Å². The summed E-state index contributed by atoms with van der Waals surface area (Å²) in [5, 5.41) is 2.90. The number of piperidine rings is 1. The lowest BCUT2D eigenvalue weighted by molar-refractivity contribution is 0.193. The van der Waals surface area contributed by atoms with Crippen LogP contribution in [-0.2, 0) is 0 Å². The van der Waals surface area contributed by atoms with Crippen molar-refractivity contribution in [2.24, 2.45) is 0 Å². The van der Waals surface area contributed by atoms with Gasteiger partial charge in [-0.1, -0.05) is 18.2 Å². The molecule has 1 saturated heterocycles. The van der Waals surface area contributed by atoms with E-state index in [1.54, 1.807) is 42.4 Å². The van der Waals surface area contributed by atoms with E-state index in [9.17, 15) is 13.6 Å². The number of carbonyl (C=O) groups is 1. The molecule has 31 heavy (non-hydrogen) atoms. The summed E-state index contributed by atoms with van der Waals surface area (Å²) in [7, 11) is 1.81. The van der Waals surface area contributed by atoms with Gasteiger partial charge >= 0.3 is 6.03 Å². The number of nitrogens with one attached hydrogen (secondary N) is 1. The molecule has 2 amide bonds. The van der Waals surface area contributed by atoms with Crippen LogP contribution >= 0.6 is 0 Å². The predicted octanol–water partition coefficient (Wildman–Crippen LogP) is 5.16. The van der Waals surface area contributed by atoms with Crippen LogP contribution in [-0.4, -0.2) is 42.1 Å². The van der Waals surface area contributed by atoms with Crippen molar-refractivity contribution in [3.05, 3.63) is 78.5 Å². The minimum atomic E-state index is -0.622. The summed E-state index contributed by atoms with van der Waals surface area (Å²) < 4.78 is 26.9. The number of amides is 2. The Balaban J connectivity index is 1.34. The number of carbonyl (C=O) groups excluding carboxylic acids is 1. The van der Waals surface area contributed by atoms with Gasteiger partial charge in [-0.3, -0.25) is 0 Å². The number of halogens is 2. The van der Waals surface area contributed by atoms with Gasteiger partial charge in [0.25, 0.3) is 0 Å². The van der Waals surface area contributed by atoms with E-state index in [4.69, 9.17) is 0 Å². The maximum absolute atomic E-state index is 13.4. The van der Waals surface area contributed by atoms with E-state index in [1.807, 2.05) is 18.2 Å². The first-order valence-corrected chi connectivity index (χ1v) is 10.3. The fourth-order valence-corrected chi connectivity index (χ4v) is 3.87. The minimum Gasteiger partial charge on any atom is -0.356 e. The van der Waals surface area contributed by atoms with E-state index in [0.717, 1.165) is 37.8 Å². The molecule has 0 atom stereocenters. The summed E-state index contributed by atoms with van der Waals surface area (Å²) >= 11 is 0. The first-order chi connectivity index (χ1) is 15.0. The van der Waals surface area contributed by atoms with Gasteiger partial charge in [0.2, 0.25) is 0 Å². The van der Waals surface area contributed by atoms with Crippen LogP contribution in [0.3, 0.4) is 0 Å². The van der Waals surface area contributed by atoms with Gasteiger partial charge in [-0.2, -0.15) is 0 Å². The lowest BCUT2D eigenvalue weighted by Crippen LogP contribution is -2.47. The van der Waals surface area contributed by atoms with Gasteiger partial charge < -0.3 is 15.1 Å². The highest BCUT2D eigenvalue weighted by molar-refractivity contribution is 5.89. The second-order valence-corrected chi connectivity index (χ2v) is 7.68. The molecular weight excluding hydrogens is 398 g/mol. The van der Waals surface area contributed by atoms with E-state index < -0.39 is 11.6 Å². The monoisotopic (exact) mass is 422 g/mol. The van der Waals surface area contributed by atoms with Crippen LogP contribution in [0.4, 0.5) is 25.1 Å². The highest BCUT2D eigenvalue weighted by Gasteiger charge is 2.26. The number of hydrogen-bond acceptors (Lipinski definition) is 3. The Hall–Kier alpha value is -3.48. The van der Waals surface area contributed by atoms with Crippen molar-refractivity contribution >= 4 is 17.5 Å². The third-order valence-corrected chi connectivity index (χ3v) is 5.64. The summed E-state index contributed by atoms with van der Waals surface area (Å²) in [4.78, 5) is 21.1. The maximum atomic E-state index is 13.4. The Bertz CT molecular complexity index is 1010. The zero-order valence-electron chi connectivity index (χ0n) is 17.3. The highest BCUT2D eigenvalue weighted by Crippen LogP contribution is 2.24. The molecule has 0 saturated carbocycles. The topological polar surface area (TPSA) is 48.5 Å². The summed E-state index contributed by atoms with van der Waals surface area (Å²) in [6.45, 7) is 1.69. The normalized spacial score (nSPS) is 14.4. The Morgan fingerprint density at radius 2 is 1.68 bits per heavy atom. The molecule has 2 aromatic carbocycles. The first-order valence-electron chi connectivity index (χ1n) is 10.3. The average molecular weight is 422 g/mol. The van der Waals surface area contributed by atoms with Crippen molar-refractivity contribution in [1.29, 1.82) is 0 Å². The van der Waals surface area contributed by atoms with Crippen molar-refractivity contribution in [2.45, 2.75) is 18.9 Å². The molecular formula is C24H24F2N4O. The lowest BCUT2D eigenvalue weighted by Gasteiger charge is -2.37. The van der Waals surface area contributed by atoms with Gasteiger partial charge in [0, 0.05) is 44.1 Å². The molecule has 7 heteroatoms. The van der Waals surface area contributed by atoms with E-state index in [1.165, 1.54) is 12.1 Å². The number of nitrogens with zero attached hydrogens (tertiary/aromatic N) is 3. The zero-order valence-corrected chi connectivity index (χ0v) is 17.3. The van der Waals surface area contributed by atoms with Crippen molar-refractivity contribution in [1.82, 2.24) is 9.88 Å². The van der Waals surface area contributed by atoms with Crippen LogP contribution < -0.4 is 10.2 Å². The summed E-state index contributed by atoms with van der Waals surface area (Å²) in [5.74, 6) is -0.280. The van der Waals surface area contributed by atoms with Crippen LogP contribution in [0, 0.1) is 11.6 Å². The van der Waals surface area contributed by atoms with Crippen molar-refractivity contribution in [3.63, 3.8) is 0 Å². The molecule has 2 heterocycles. The van der Waals surface area contributed by atoms with Crippen LogP contribution in [0.2, 0.25) is 0 Å². The number of benzene rings is 2. The van der Waals surface area contributed by atoms with Gasteiger partial charge in [-0.25, -0.2) is 18.6 Å². The Labute approximate surface area is 180 Å². The smallest absolute Gasteiger partial charge is 0.321 e. The molecule has 1 aliphatic rings. The van der Waals surface area contributed by atoms with E-state index in [2.05, 4.69) is 15.2 Å². The van der Waals surface area contributed by atoms with Gasteiger partial charge in [0.05, 0.1) is 0 Å². The molecule has 0 spiro atoms. The van der Waals surface area contributed by atoms with Crippen molar-refractivity contribution < 1.29 is 13.6 Å². The Morgan fingerprint density at radius 1 is 1.00 bits per heavy atom. The minimum absolute atomic E-state index is 0.148. The molecule has 0 aliphatic carbocycles. The average Bonchev–Trinajstić information content (AvgIpc) is 2.79. The van der Waals surface area contributed by atoms with Crippen LogP contribution in [0.5, 0.6) is 0 Å². The molecule has 160 valence electrons. The molecule has 3 aromatic rings. The van der Waals surface area contributed by atoms with Crippen molar-refractivity contribution in [2.75, 3.05) is 30.4 Å². The quantitative estimate of drug-likeness (QED) is 0.632. The molecule has 0 unspecified atom stereocenters. The third-order valence-electron chi connectivity index (χ3n) is 5.64. The number of aromatic nitrogens is 1. The van der Waals surface area contributed by atoms with Gasteiger partial charge in [-0.15, -0.1) is 0 Å². The second kappa shape index (κ2) is 9.12. The van der Waals surface area contributed by atoms with Crippen molar-refractivity contribution in [3.8, 4) is 11.1 Å². The summed E-state index contributed by atoms with van der Waals surface area (Å²) in [6, 6.07) is 16.2. The molecule has 1 N–H and O–H groups in total. The van der Waals surface area contributed by atoms with E-state index in [-0.39, 0.29) is 12.1 Å². The van der Waals surface area contributed by atoms with Crippen LogP contribution in [0.1, 0.15) is 12.8 Å². The fourth-order valence-electron chi connectivity index (χ4n) is 3.87. The maximum Gasteiger partial charge on any atom is 0.321 e. The Kier molecular flexibility index (Phi) is 6.11. The van der Waals surface area contributed by atoms with E-state index >= 15 is 0 Å². The number of pyridine rings is 1. The fraction of sp³-hybridized carbons (Fsp3) is 0.250. The van der Waals surface area contributed by atoms with Gasteiger partial charge in [-0.05, 0) is 60.4 Å². The third kappa shape index (κ3) is 4.99. The molecule has 1 aliphatic heterocycles. The standard InChI is InChI=1S/C24H24F2N4O/c1-29(22-9-12-30(13-10-22)23-4-2-3-11-27-23)24(31)28-21-7-5-17(6-8-21)18-14-19(25)16-20(26)15-18/h2-8,11,14-16,22H,9-10,12-13H2,1H3,(H,28,31). The Morgan fingerprint density at radius 3 is 2.29 bits per heavy atom. The number of anilines is 2. The number of urea groups is 1. The summed E-state index contributed by atoms with van der Waals surface area (Å²) in [5.41, 5.74) is 1.75. The van der Waals surface area contributed by atoms with Gasteiger partial charge in [0.15, 0.2) is 0 Å². The molecule has 1 aromatic heterocycles. The predicted molar refractivity (Wildman–Crippen MR) is 118 cm³/mol. The van der Waals surface area contributed by atoms with Crippen LogP contribution in [0.25, 0.3) is 11.1 Å². The van der Waals surface area contributed by atoms with E-state index in [0.29, 0.717) is 16.8 Å². The molecule has 0 bridgehead atoms. The molecule has 5 nitrogen and oxygen atoms in total. The number of hydrogen-bond donors (Lipinski definition) is 1.